The number of aromatic hydroxyl groups is 1. The van der Waals surface area contributed by atoms with Gasteiger partial charge in [-0.15, -0.1) is 11.3 Å². The number of nitrogens with zero attached hydrogens (tertiary/aromatic N) is 1. The predicted molar refractivity (Wildman–Crippen MR) is 67.0 cm³/mol. The van der Waals surface area contributed by atoms with Gasteiger partial charge in [0.05, 0.1) is 5.69 Å². The summed E-state index contributed by atoms with van der Waals surface area (Å²) in [6.45, 7) is 4.81. The van der Waals surface area contributed by atoms with Gasteiger partial charge in [-0.05, 0) is 31.5 Å². The lowest BCUT2D eigenvalue weighted by atomic mass is 10.2. The molecule has 0 unspecified atom stereocenters. The van der Waals surface area contributed by atoms with Crippen molar-refractivity contribution in [3.05, 3.63) is 40.4 Å². The van der Waals surface area contributed by atoms with E-state index in [2.05, 4.69) is 17.2 Å². The first-order chi connectivity index (χ1) is 7.65. The van der Waals surface area contributed by atoms with E-state index in [4.69, 9.17) is 5.11 Å². The molecule has 0 amide bonds. The van der Waals surface area contributed by atoms with Crippen LogP contribution in [-0.4, -0.2) is 10.1 Å². The average molecular weight is 234 g/mol. The third-order valence-electron chi connectivity index (χ3n) is 2.41. The van der Waals surface area contributed by atoms with E-state index in [0.29, 0.717) is 5.75 Å². The number of thiazole rings is 1. The molecule has 3 nitrogen and oxygen atoms in total. The lowest BCUT2D eigenvalue weighted by molar-refractivity contribution is 0.475. The normalized spacial score (nSPS) is 10.4. The van der Waals surface area contributed by atoms with Crippen molar-refractivity contribution in [3.63, 3.8) is 0 Å². The molecular weight excluding hydrogens is 220 g/mol. The van der Waals surface area contributed by atoms with E-state index in [1.165, 1.54) is 4.88 Å². The fourth-order valence-electron chi connectivity index (χ4n) is 1.34. The number of benzene rings is 1. The van der Waals surface area contributed by atoms with E-state index in [1.54, 1.807) is 23.5 Å². The van der Waals surface area contributed by atoms with Crippen molar-refractivity contribution in [3.8, 4) is 5.75 Å². The fourth-order valence-corrected chi connectivity index (χ4v) is 2.15. The van der Waals surface area contributed by atoms with Crippen molar-refractivity contribution in [1.82, 2.24) is 4.98 Å². The van der Waals surface area contributed by atoms with Gasteiger partial charge in [0.25, 0.3) is 0 Å². The van der Waals surface area contributed by atoms with Gasteiger partial charge in [-0.3, -0.25) is 0 Å². The lowest BCUT2D eigenvalue weighted by Gasteiger charge is -2.02. The number of hydrogen-bond acceptors (Lipinski definition) is 4. The summed E-state index contributed by atoms with van der Waals surface area (Å²) in [5.74, 6) is 0.296. The maximum Gasteiger partial charge on any atom is 0.183 e. The number of nitrogens with one attached hydrogen (secondary N) is 1. The summed E-state index contributed by atoms with van der Waals surface area (Å²) >= 11 is 1.67. The first-order valence-corrected chi connectivity index (χ1v) is 5.92. The van der Waals surface area contributed by atoms with Gasteiger partial charge in [0.15, 0.2) is 5.13 Å². The Morgan fingerprint density at radius 1 is 1.25 bits per heavy atom. The third kappa shape index (κ3) is 2.52. The molecule has 0 aliphatic carbocycles. The van der Waals surface area contributed by atoms with Crippen LogP contribution in [0.1, 0.15) is 16.1 Å². The molecule has 0 aliphatic rings. The van der Waals surface area contributed by atoms with Gasteiger partial charge in [0.1, 0.15) is 5.75 Å². The molecule has 0 fully saturated rings. The van der Waals surface area contributed by atoms with Crippen LogP contribution in [0.3, 0.4) is 0 Å². The quantitative estimate of drug-likeness (QED) is 0.857. The van der Waals surface area contributed by atoms with Crippen molar-refractivity contribution < 1.29 is 5.11 Å². The van der Waals surface area contributed by atoms with Crippen LogP contribution in [0.25, 0.3) is 0 Å². The molecule has 0 radical (unpaired) electrons. The molecule has 0 saturated heterocycles. The van der Waals surface area contributed by atoms with E-state index < -0.39 is 0 Å². The zero-order valence-corrected chi connectivity index (χ0v) is 10.1. The van der Waals surface area contributed by atoms with Gasteiger partial charge in [-0.2, -0.15) is 0 Å². The molecule has 0 spiro atoms. The Kier molecular flexibility index (Phi) is 3.10. The smallest absolute Gasteiger partial charge is 0.183 e. The molecule has 84 valence electrons. The highest BCUT2D eigenvalue weighted by Gasteiger charge is 2.02. The Morgan fingerprint density at radius 3 is 2.50 bits per heavy atom. The first-order valence-electron chi connectivity index (χ1n) is 5.11. The van der Waals surface area contributed by atoms with Crippen LogP contribution in [0.15, 0.2) is 24.3 Å². The minimum Gasteiger partial charge on any atom is -0.508 e. The SMILES string of the molecule is Cc1nc(NCc2ccc(O)cc2)sc1C. The van der Waals surface area contributed by atoms with Crippen molar-refractivity contribution in [1.29, 1.82) is 0 Å². The summed E-state index contributed by atoms with van der Waals surface area (Å²) in [6.07, 6.45) is 0. The van der Waals surface area contributed by atoms with Crippen LogP contribution in [0.5, 0.6) is 5.75 Å². The molecule has 1 aromatic heterocycles. The highest BCUT2D eigenvalue weighted by Crippen LogP contribution is 2.21. The zero-order chi connectivity index (χ0) is 11.5. The monoisotopic (exact) mass is 234 g/mol. The maximum absolute atomic E-state index is 9.15. The van der Waals surface area contributed by atoms with Crippen LogP contribution in [-0.2, 0) is 6.54 Å². The van der Waals surface area contributed by atoms with E-state index in [-0.39, 0.29) is 0 Å². The second-order valence-electron chi connectivity index (χ2n) is 3.68. The van der Waals surface area contributed by atoms with Gasteiger partial charge < -0.3 is 10.4 Å². The third-order valence-corrected chi connectivity index (χ3v) is 3.44. The minimum absolute atomic E-state index is 0.296. The zero-order valence-electron chi connectivity index (χ0n) is 9.32. The molecule has 4 heteroatoms. The topological polar surface area (TPSA) is 45.2 Å². The number of rotatable bonds is 3. The summed E-state index contributed by atoms with van der Waals surface area (Å²) in [5, 5.41) is 13.4. The highest BCUT2D eigenvalue weighted by atomic mass is 32.1. The highest BCUT2D eigenvalue weighted by molar-refractivity contribution is 7.15. The second kappa shape index (κ2) is 4.53. The Morgan fingerprint density at radius 2 is 1.94 bits per heavy atom. The second-order valence-corrected chi connectivity index (χ2v) is 4.88. The van der Waals surface area contributed by atoms with Gasteiger partial charge >= 0.3 is 0 Å². The Labute approximate surface area is 98.8 Å². The Balaban J connectivity index is 1.99. The average Bonchev–Trinajstić information content (AvgIpc) is 2.58. The largest absolute Gasteiger partial charge is 0.508 e. The first kappa shape index (κ1) is 11.0. The molecular formula is C12H14N2OS. The van der Waals surface area contributed by atoms with Crippen LogP contribution in [0.4, 0.5) is 5.13 Å². The number of phenolic OH excluding ortho intramolecular Hbond substituents is 1. The van der Waals surface area contributed by atoms with Crippen molar-refractivity contribution in [2.45, 2.75) is 20.4 Å². The molecule has 0 bridgehead atoms. The number of phenols is 1. The molecule has 2 N–H and O–H groups in total. The van der Waals surface area contributed by atoms with Gasteiger partial charge in [-0.1, -0.05) is 12.1 Å². The summed E-state index contributed by atoms with van der Waals surface area (Å²) in [5.41, 5.74) is 2.21. The van der Waals surface area contributed by atoms with Crippen molar-refractivity contribution >= 4 is 16.5 Å². The van der Waals surface area contributed by atoms with Gasteiger partial charge in [0, 0.05) is 11.4 Å². The molecule has 16 heavy (non-hydrogen) atoms. The summed E-state index contributed by atoms with van der Waals surface area (Å²) in [6, 6.07) is 7.18. The van der Waals surface area contributed by atoms with Crippen LogP contribution < -0.4 is 5.32 Å². The maximum atomic E-state index is 9.15. The lowest BCUT2D eigenvalue weighted by Crippen LogP contribution is -1.98. The molecule has 2 rings (SSSR count). The number of hydrogen-bond donors (Lipinski definition) is 2. The van der Waals surface area contributed by atoms with Gasteiger partial charge in [0.2, 0.25) is 0 Å². The molecule has 1 heterocycles. The molecule has 0 saturated carbocycles. The fraction of sp³-hybridized carbons (Fsp3) is 0.250. The summed E-state index contributed by atoms with van der Waals surface area (Å²) < 4.78 is 0. The Bertz CT molecular complexity index is 457. The minimum atomic E-state index is 0.296. The van der Waals surface area contributed by atoms with Crippen LogP contribution >= 0.6 is 11.3 Å². The van der Waals surface area contributed by atoms with Crippen molar-refractivity contribution in [2.24, 2.45) is 0 Å². The van der Waals surface area contributed by atoms with Crippen molar-refractivity contribution in [2.75, 3.05) is 5.32 Å². The van der Waals surface area contributed by atoms with Crippen LogP contribution in [0, 0.1) is 13.8 Å². The van der Waals surface area contributed by atoms with Crippen LogP contribution in [0.2, 0.25) is 0 Å². The Hall–Kier alpha value is -1.55. The summed E-state index contributed by atoms with van der Waals surface area (Å²) in [4.78, 5) is 5.64. The van der Waals surface area contributed by atoms with E-state index in [0.717, 1.165) is 22.9 Å². The molecule has 2 aromatic rings. The van der Waals surface area contributed by atoms with E-state index in [1.807, 2.05) is 19.1 Å². The standard InChI is InChI=1S/C12H14N2OS/c1-8-9(2)16-12(14-8)13-7-10-3-5-11(15)6-4-10/h3-6,15H,7H2,1-2H3,(H,13,14). The number of aryl methyl sites for hydroxylation is 2. The van der Waals surface area contributed by atoms with E-state index >= 15 is 0 Å². The number of anilines is 1. The number of aromatic nitrogens is 1. The summed E-state index contributed by atoms with van der Waals surface area (Å²) in [7, 11) is 0. The predicted octanol–water partition coefficient (Wildman–Crippen LogP) is 3.08. The van der Waals surface area contributed by atoms with Gasteiger partial charge in [-0.25, -0.2) is 4.98 Å². The van der Waals surface area contributed by atoms with E-state index in [9.17, 15) is 0 Å². The molecule has 0 aliphatic heterocycles. The molecule has 0 atom stereocenters. The molecule has 1 aromatic carbocycles.